The van der Waals surface area contributed by atoms with E-state index in [-0.39, 0.29) is 0 Å². The Morgan fingerprint density at radius 2 is 2.07 bits per heavy atom. The Kier molecular flexibility index (Phi) is 1.91. The van der Waals surface area contributed by atoms with Crippen LogP contribution >= 0.6 is 16.1 Å². The lowest BCUT2D eigenvalue weighted by atomic mass is 10.1. The summed E-state index contributed by atoms with van der Waals surface area (Å²) >= 11 is 3.54. The number of halogens is 1. The van der Waals surface area contributed by atoms with Crippen molar-refractivity contribution in [3.05, 3.63) is 36.0 Å². The molecule has 1 aliphatic carbocycles. The average Bonchev–Trinajstić information content (AvgIpc) is 2.95. The molecule has 14 heavy (non-hydrogen) atoms. The summed E-state index contributed by atoms with van der Waals surface area (Å²) in [4.78, 5) is 0. The van der Waals surface area contributed by atoms with Gasteiger partial charge in [0.25, 0.3) is 0 Å². The van der Waals surface area contributed by atoms with E-state index in [2.05, 4.69) is 50.2 Å². The van der Waals surface area contributed by atoms with Crippen molar-refractivity contribution in [1.29, 1.82) is 0 Å². The first-order valence-corrected chi connectivity index (χ1v) is 5.80. The van der Waals surface area contributed by atoms with Gasteiger partial charge in [-0.3, -0.25) is 3.59 Å². The summed E-state index contributed by atoms with van der Waals surface area (Å²) in [5.41, 5.74) is 2.77. The molecule has 0 radical (unpaired) electrons. The smallest absolute Gasteiger partial charge is 0.0594 e. The lowest BCUT2D eigenvalue weighted by molar-refractivity contribution is 0.837. The van der Waals surface area contributed by atoms with Gasteiger partial charge in [-0.1, -0.05) is 18.2 Å². The molecular formula is C12H12BrN. The first-order valence-electron chi connectivity index (χ1n) is 5.10. The van der Waals surface area contributed by atoms with Gasteiger partial charge in [-0.25, -0.2) is 0 Å². The Bertz CT molecular complexity index is 468. The van der Waals surface area contributed by atoms with E-state index in [9.17, 15) is 0 Å². The minimum Gasteiger partial charge on any atom is -0.283 e. The van der Waals surface area contributed by atoms with Gasteiger partial charge < -0.3 is 0 Å². The zero-order valence-electron chi connectivity index (χ0n) is 7.91. The summed E-state index contributed by atoms with van der Waals surface area (Å²) in [6.07, 6.45) is 6.30. The summed E-state index contributed by atoms with van der Waals surface area (Å²) in [6.45, 7) is 0. The van der Waals surface area contributed by atoms with Crippen LogP contribution in [0.1, 0.15) is 18.4 Å². The Morgan fingerprint density at radius 3 is 2.86 bits per heavy atom. The van der Waals surface area contributed by atoms with Gasteiger partial charge >= 0.3 is 0 Å². The quantitative estimate of drug-likeness (QED) is 0.764. The highest BCUT2D eigenvalue weighted by molar-refractivity contribution is 9.08. The molecule has 1 nitrogen and oxygen atoms in total. The molecule has 0 N–H and O–H groups in total. The molecule has 2 heteroatoms. The summed E-state index contributed by atoms with van der Waals surface area (Å²) in [5, 5.41) is 1.40. The molecule has 1 saturated carbocycles. The topological polar surface area (TPSA) is 4.93 Å². The highest BCUT2D eigenvalue weighted by atomic mass is 79.9. The summed E-state index contributed by atoms with van der Waals surface area (Å²) in [7, 11) is 0. The number of benzene rings is 1. The molecule has 0 unspecified atom stereocenters. The maximum Gasteiger partial charge on any atom is 0.0594 e. The fraction of sp³-hybridized carbons (Fsp3) is 0.333. The van der Waals surface area contributed by atoms with Gasteiger partial charge in [-0.2, -0.15) is 0 Å². The van der Waals surface area contributed by atoms with Crippen LogP contribution in [0.15, 0.2) is 30.5 Å². The van der Waals surface area contributed by atoms with E-state index >= 15 is 0 Å². The zero-order valence-corrected chi connectivity index (χ0v) is 9.50. The van der Waals surface area contributed by atoms with E-state index < -0.39 is 0 Å². The van der Waals surface area contributed by atoms with E-state index in [1.807, 2.05) is 0 Å². The van der Waals surface area contributed by atoms with Crippen LogP contribution in [0.5, 0.6) is 0 Å². The summed E-state index contributed by atoms with van der Waals surface area (Å²) in [5.74, 6) is 0.952. The van der Waals surface area contributed by atoms with Crippen molar-refractivity contribution in [3.63, 3.8) is 0 Å². The van der Waals surface area contributed by atoms with Gasteiger partial charge in [0.1, 0.15) is 0 Å². The third-order valence-corrected chi connectivity index (χ3v) is 3.54. The fourth-order valence-corrected chi connectivity index (χ4v) is 2.56. The molecule has 0 spiro atoms. The van der Waals surface area contributed by atoms with Gasteiger partial charge in [-0.05, 0) is 36.8 Å². The number of aromatic nitrogens is 1. The van der Waals surface area contributed by atoms with E-state index in [1.165, 1.54) is 35.7 Å². The first kappa shape index (κ1) is 8.54. The van der Waals surface area contributed by atoms with Crippen molar-refractivity contribution < 1.29 is 0 Å². The zero-order chi connectivity index (χ0) is 9.54. The second-order valence-corrected chi connectivity index (χ2v) is 4.89. The second kappa shape index (κ2) is 3.13. The number of hydrogen-bond acceptors (Lipinski definition) is 0. The van der Waals surface area contributed by atoms with Gasteiger partial charge in [0.2, 0.25) is 0 Å². The van der Waals surface area contributed by atoms with E-state index in [0.717, 1.165) is 5.92 Å². The normalized spacial score (nSPS) is 16.4. The molecule has 0 atom stereocenters. The molecule has 0 aliphatic heterocycles. The molecular weight excluding hydrogens is 238 g/mol. The molecule has 3 rings (SSSR count). The third kappa shape index (κ3) is 1.38. The first-order chi connectivity index (χ1) is 6.84. The third-order valence-electron chi connectivity index (χ3n) is 2.95. The van der Waals surface area contributed by atoms with Crippen LogP contribution in [0.2, 0.25) is 0 Å². The van der Waals surface area contributed by atoms with E-state index in [1.54, 1.807) is 0 Å². The van der Waals surface area contributed by atoms with Crippen LogP contribution in [-0.4, -0.2) is 3.59 Å². The Labute approximate surface area is 92.1 Å². The van der Waals surface area contributed by atoms with Crippen LogP contribution in [0.25, 0.3) is 10.9 Å². The number of hydrogen-bond donors (Lipinski definition) is 0. The van der Waals surface area contributed by atoms with Crippen molar-refractivity contribution in [1.82, 2.24) is 3.59 Å². The number of rotatable bonds is 2. The Balaban J connectivity index is 2.12. The number of fused-ring (bicyclic) bond motifs is 1. The molecule has 1 aliphatic rings. The van der Waals surface area contributed by atoms with Crippen molar-refractivity contribution in [2.24, 2.45) is 5.92 Å². The van der Waals surface area contributed by atoms with Crippen LogP contribution in [0, 0.1) is 5.92 Å². The summed E-state index contributed by atoms with van der Waals surface area (Å²) in [6, 6.07) is 8.57. The van der Waals surface area contributed by atoms with Crippen molar-refractivity contribution in [2.45, 2.75) is 19.3 Å². The predicted molar refractivity (Wildman–Crippen MR) is 62.7 cm³/mol. The molecule has 1 aromatic carbocycles. The monoisotopic (exact) mass is 249 g/mol. The molecule has 1 aromatic heterocycles. The predicted octanol–water partition coefficient (Wildman–Crippen LogP) is 3.75. The fourth-order valence-electron chi connectivity index (χ4n) is 2.00. The van der Waals surface area contributed by atoms with Crippen molar-refractivity contribution in [3.8, 4) is 0 Å². The number of para-hydroxylation sites is 1. The van der Waals surface area contributed by atoms with E-state index in [0.29, 0.717) is 0 Å². The second-order valence-electron chi connectivity index (χ2n) is 4.13. The maximum atomic E-state index is 3.54. The van der Waals surface area contributed by atoms with Crippen molar-refractivity contribution in [2.75, 3.05) is 0 Å². The molecule has 1 fully saturated rings. The van der Waals surface area contributed by atoms with Crippen LogP contribution in [0.3, 0.4) is 0 Å². The minimum absolute atomic E-state index is 0.952. The van der Waals surface area contributed by atoms with Gasteiger partial charge in [0.05, 0.1) is 21.7 Å². The van der Waals surface area contributed by atoms with Crippen LogP contribution in [-0.2, 0) is 6.42 Å². The largest absolute Gasteiger partial charge is 0.283 e. The van der Waals surface area contributed by atoms with Crippen LogP contribution < -0.4 is 0 Å². The molecule has 1 heterocycles. The highest BCUT2D eigenvalue weighted by Crippen LogP contribution is 2.35. The van der Waals surface area contributed by atoms with Gasteiger partial charge in [0, 0.05) is 11.6 Å². The molecule has 0 amide bonds. The van der Waals surface area contributed by atoms with Crippen LogP contribution in [0.4, 0.5) is 0 Å². The lowest BCUT2D eigenvalue weighted by Gasteiger charge is -1.95. The van der Waals surface area contributed by atoms with E-state index in [4.69, 9.17) is 0 Å². The Morgan fingerprint density at radius 1 is 1.29 bits per heavy atom. The Hall–Kier alpha value is -0.760. The average molecular weight is 250 g/mol. The van der Waals surface area contributed by atoms with Gasteiger partial charge in [0.15, 0.2) is 0 Å². The molecule has 72 valence electrons. The highest BCUT2D eigenvalue weighted by Gasteiger charge is 2.23. The molecule has 0 bridgehead atoms. The minimum atomic E-state index is 0.952. The molecule has 2 aromatic rings. The SMILES string of the molecule is Brn1cc(CC2CC2)c2ccccc21. The maximum absolute atomic E-state index is 3.54. The molecule has 0 saturated heterocycles. The summed E-state index contributed by atoms with van der Waals surface area (Å²) < 4.78 is 2.06. The van der Waals surface area contributed by atoms with Crippen molar-refractivity contribution >= 4 is 27.1 Å². The van der Waals surface area contributed by atoms with Gasteiger partial charge in [-0.15, -0.1) is 0 Å². The standard InChI is InChI=1S/C12H12BrN/c13-14-8-10(7-9-5-6-9)11-3-1-2-4-12(11)14/h1-4,8-9H,5-7H2. The number of nitrogens with zero attached hydrogens (tertiary/aromatic N) is 1. The lowest BCUT2D eigenvalue weighted by Crippen LogP contribution is -1.83.